The van der Waals surface area contributed by atoms with Gasteiger partial charge in [-0.05, 0) is 23.6 Å². The first-order chi connectivity index (χ1) is 15.6. The summed E-state index contributed by atoms with van der Waals surface area (Å²) in [4.78, 5) is 18.1. The molecule has 0 unspecified atom stereocenters. The second-order valence-electron chi connectivity index (χ2n) is 6.45. The summed E-state index contributed by atoms with van der Waals surface area (Å²) in [5.74, 6) is -2.32. The number of phenols is 2. The van der Waals surface area contributed by atoms with Crippen LogP contribution >= 0.6 is 0 Å². The van der Waals surface area contributed by atoms with Gasteiger partial charge in [0.1, 0.15) is 16.3 Å². The van der Waals surface area contributed by atoms with E-state index in [2.05, 4.69) is 10.2 Å². The van der Waals surface area contributed by atoms with Crippen LogP contribution in [0.25, 0.3) is 10.8 Å². The van der Waals surface area contributed by atoms with E-state index >= 15 is 0 Å². The molecule has 0 fully saturated rings. The Kier molecular flexibility index (Phi) is 5.92. The van der Waals surface area contributed by atoms with Gasteiger partial charge in [0.15, 0.2) is 5.75 Å². The number of fused-ring (bicyclic) bond motifs is 1. The quantitative estimate of drug-likeness (QED) is 0.160. The van der Waals surface area contributed by atoms with Crippen LogP contribution in [-0.2, 0) is 20.2 Å². The van der Waals surface area contributed by atoms with Crippen molar-refractivity contribution >= 4 is 53.8 Å². The van der Waals surface area contributed by atoms with E-state index in [1.807, 2.05) is 0 Å². The Balaban J connectivity index is 2.35. The van der Waals surface area contributed by atoms with Crippen LogP contribution in [0.1, 0.15) is 0 Å². The van der Waals surface area contributed by atoms with Crippen molar-refractivity contribution in [1.82, 2.24) is 0 Å². The summed E-state index contributed by atoms with van der Waals surface area (Å²) >= 11 is 0. The predicted octanol–water partition coefficient (Wildman–Crippen LogP) is 2.98. The highest BCUT2D eigenvalue weighted by Gasteiger charge is 2.26. The Morgan fingerprint density at radius 2 is 1.44 bits per heavy atom. The molecule has 0 radical (unpaired) electrons. The van der Waals surface area contributed by atoms with Crippen molar-refractivity contribution in [3.63, 3.8) is 0 Å². The number of non-ortho nitro benzene ring substituents is 1. The van der Waals surface area contributed by atoms with Crippen LogP contribution in [0.4, 0.5) is 22.7 Å². The van der Waals surface area contributed by atoms with E-state index in [1.54, 1.807) is 0 Å². The Morgan fingerprint density at radius 3 is 1.97 bits per heavy atom. The van der Waals surface area contributed by atoms with Gasteiger partial charge in [-0.1, -0.05) is 6.07 Å². The molecule has 178 valence electrons. The number of aromatic hydroxyl groups is 2. The zero-order valence-electron chi connectivity index (χ0n) is 16.1. The van der Waals surface area contributed by atoms with Crippen LogP contribution < -0.4 is 0 Å². The van der Waals surface area contributed by atoms with Crippen molar-refractivity contribution in [3.8, 4) is 11.5 Å². The summed E-state index contributed by atoms with van der Waals surface area (Å²) in [6, 6.07) is 4.36. The van der Waals surface area contributed by atoms with Gasteiger partial charge < -0.3 is 10.2 Å². The first-order valence-electron chi connectivity index (χ1n) is 8.43. The van der Waals surface area contributed by atoms with Gasteiger partial charge in [-0.15, -0.1) is 10.2 Å². The molecule has 0 aliphatic rings. The lowest BCUT2D eigenvalue weighted by Crippen LogP contribution is -2.00. The number of nitrogens with zero attached hydrogens (tertiary/aromatic N) is 4. The van der Waals surface area contributed by atoms with Gasteiger partial charge in [-0.3, -0.25) is 29.3 Å². The van der Waals surface area contributed by atoms with Gasteiger partial charge in [0.25, 0.3) is 25.9 Å². The highest BCUT2D eigenvalue weighted by atomic mass is 32.2. The maximum atomic E-state index is 11.7. The molecule has 0 aromatic heterocycles. The number of hydrogen-bond donors (Lipinski definition) is 4. The first kappa shape index (κ1) is 24.4. The molecule has 0 heterocycles. The number of nitro benzene ring substituents is 2. The maximum Gasteiger partial charge on any atom is 0.319 e. The van der Waals surface area contributed by atoms with Crippen molar-refractivity contribution in [2.45, 2.75) is 9.79 Å². The summed E-state index contributed by atoms with van der Waals surface area (Å²) < 4.78 is 64.7. The minimum atomic E-state index is -5.11. The van der Waals surface area contributed by atoms with Crippen LogP contribution in [0.3, 0.4) is 0 Å². The van der Waals surface area contributed by atoms with E-state index in [0.29, 0.717) is 18.2 Å². The summed E-state index contributed by atoms with van der Waals surface area (Å²) in [6.45, 7) is 0. The summed E-state index contributed by atoms with van der Waals surface area (Å²) in [5.41, 5.74) is -3.47. The third kappa shape index (κ3) is 4.59. The van der Waals surface area contributed by atoms with E-state index in [1.165, 1.54) is 0 Å². The molecule has 3 aromatic rings. The van der Waals surface area contributed by atoms with E-state index in [0.717, 1.165) is 18.2 Å². The molecule has 3 rings (SSSR count). The predicted molar refractivity (Wildman–Crippen MR) is 111 cm³/mol. The molecule has 0 atom stereocenters. The fourth-order valence-corrected chi connectivity index (χ4v) is 3.94. The van der Waals surface area contributed by atoms with Crippen LogP contribution in [-0.4, -0.2) is 46.0 Å². The molecule has 0 amide bonds. The average Bonchev–Trinajstić information content (AvgIpc) is 2.71. The molecule has 18 heteroatoms. The second kappa shape index (κ2) is 8.26. The third-order valence-electron chi connectivity index (χ3n) is 4.32. The highest BCUT2D eigenvalue weighted by molar-refractivity contribution is 7.86. The van der Waals surface area contributed by atoms with Gasteiger partial charge in [0.05, 0.1) is 20.8 Å². The lowest BCUT2D eigenvalue weighted by atomic mass is 10.1. The monoisotopic (exact) mass is 514 g/mol. The van der Waals surface area contributed by atoms with Gasteiger partial charge in [0.2, 0.25) is 5.75 Å². The molecular formula is C16H10N4O12S2. The second-order valence-corrected chi connectivity index (χ2v) is 9.26. The molecule has 0 spiro atoms. The SMILES string of the molecule is O=[N+]([O-])c1cc(N=Nc2c(O)c(S(=O)(=O)O)cc3cc(S(=O)(=O)O)ccc23)c(O)c([N+](=O)[O-])c1. The lowest BCUT2D eigenvalue weighted by molar-refractivity contribution is -0.394. The van der Waals surface area contributed by atoms with Crippen molar-refractivity contribution in [2.24, 2.45) is 10.2 Å². The topological polar surface area (TPSA) is 260 Å². The number of phenolic OH excluding ortho intramolecular Hbond substituents is 2. The molecule has 16 nitrogen and oxygen atoms in total. The zero-order valence-corrected chi connectivity index (χ0v) is 17.8. The van der Waals surface area contributed by atoms with Crippen LogP contribution in [0.15, 0.2) is 56.4 Å². The standard InChI is InChI=1S/C16H10N4O12S2/c21-15-11(5-8(19(23)24)6-12(15)20(25)26)17-18-14-10-2-1-9(33(27,28)29)3-7(10)4-13(16(14)22)34(30,31)32/h1-6,21-22H,(H,27,28,29)(H,30,31,32). The molecule has 0 aliphatic heterocycles. The lowest BCUT2D eigenvalue weighted by Gasteiger charge is -2.09. The largest absolute Gasteiger partial charge is 0.504 e. The molecule has 0 aliphatic carbocycles. The first-order valence-corrected chi connectivity index (χ1v) is 11.3. The fraction of sp³-hybridized carbons (Fsp3) is 0. The van der Waals surface area contributed by atoms with E-state index in [4.69, 9.17) is 0 Å². The number of nitro groups is 2. The van der Waals surface area contributed by atoms with Crippen LogP contribution in [0.2, 0.25) is 0 Å². The van der Waals surface area contributed by atoms with Crippen molar-refractivity contribution in [2.75, 3.05) is 0 Å². The number of azo groups is 1. The number of hydrogen-bond acceptors (Lipinski definition) is 12. The van der Waals surface area contributed by atoms with E-state index in [-0.39, 0.29) is 10.8 Å². The van der Waals surface area contributed by atoms with Gasteiger partial charge >= 0.3 is 5.69 Å². The summed E-state index contributed by atoms with van der Waals surface area (Å²) in [5, 5.41) is 49.0. The molecule has 0 saturated heterocycles. The molecule has 34 heavy (non-hydrogen) atoms. The zero-order chi connectivity index (χ0) is 25.6. The minimum Gasteiger partial charge on any atom is -0.504 e. The Bertz CT molecular complexity index is 1630. The van der Waals surface area contributed by atoms with Crippen molar-refractivity contribution < 1.29 is 46.0 Å². The van der Waals surface area contributed by atoms with Gasteiger partial charge in [-0.2, -0.15) is 16.8 Å². The van der Waals surface area contributed by atoms with Gasteiger partial charge in [-0.25, -0.2) is 0 Å². The third-order valence-corrected chi connectivity index (χ3v) is 6.03. The molecular weight excluding hydrogens is 504 g/mol. The molecule has 4 N–H and O–H groups in total. The van der Waals surface area contributed by atoms with E-state index in [9.17, 15) is 56.4 Å². The van der Waals surface area contributed by atoms with Gasteiger partial charge in [0, 0.05) is 11.5 Å². The number of benzene rings is 3. The maximum absolute atomic E-state index is 11.7. The number of rotatable bonds is 6. The van der Waals surface area contributed by atoms with Crippen LogP contribution in [0, 0.1) is 20.2 Å². The van der Waals surface area contributed by atoms with Crippen molar-refractivity contribution in [3.05, 3.63) is 56.6 Å². The summed E-state index contributed by atoms with van der Waals surface area (Å²) in [7, 11) is -9.86. The Hall–Kier alpha value is -4.26. The molecule has 0 bridgehead atoms. The summed E-state index contributed by atoms with van der Waals surface area (Å²) in [6.07, 6.45) is 0. The Labute approximate surface area is 188 Å². The molecule has 3 aromatic carbocycles. The van der Waals surface area contributed by atoms with E-state index < -0.39 is 74.1 Å². The normalized spacial score (nSPS) is 12.3. The fourth-order valence-electron chi connectivity index (χ4n) is 2.80. The highest BCUT2D eigenvalue weighted by Crippen LogP contribution is 2.44. The minimum absolute atomic E-state index is 0.180. The smallest absolute Gasteiger partial charge is 0.319 e. The van der Waals surface area contributed by atoms with Crippen LogP contribution in [0.5, 0.6) is 11.5 Å². The molecule has 0 saturated carbocycles. The van der Waals surface area contributed by atoms with Crippen molar-refractivity contribution in [1.29, 1.82) is 0 Å². The average molecular weight is 514 g/mol. The Morgan fingerprint density at radius 1 is 0.794 bits per heavy atom.